The predicted molar refractivity (Wildman–Crippen MR) is 321 cm³/mol. The molecule has 0 spiro atoms. The molecule has 0 radical (unpaired) electrons. The summed E-state index contributed by atoms with van der Waals surface area (Å²) in [4.78, 5) is 25.5. The Morgan fingerprint density at radius 2 is 1.01 bits per heavy atom. The number of fused-ring (bicyclic) bond motifs is 2. The Hall–Kier alpha value is -7.38. The number of hydrogen-bond donors (Lipinski definition) is 4. The molecule has 30 heteroatoms. The van der Waals surface area contributed by atoms with E-state index >= 15 is 4.39 Å². The minimum absolute atomic E-state index is 0. The van der Waals surface area contributed by atoms with Gasteiger partial charge < -0.3 is 38.0 Å². The number of hydrogen-bond acceptors (Lipinski definition) is 16. The first-order valence-electron chi connectivity index (χ1n) is 22.8. The molecule has 4 aromatic heterocycles. The zero-order valence-electron chi connectivity index (χ0n) is 43.1. The third-order valence-corrected chi connectivity index (χ3v) is 15.5. The molecule has 4 heterocycles. The van der Waals surface area contributed by atoms with Gasteiger partial charge in [-0.1, -0.05) is 45.6 Å². The molecule has 4 N–H and O–H groups in total. The Kier molecular flexibility index (Phi) is 21.1. The van der Waals surface area contributed by atoms with Crippen LogP contribution in [0.2, 0.25) is 10.0 Å². The van der Waals surface area contributed by atoms with Crippen molar-refractivity contribution in [3.8, 4) is 45.5 Å². The van der Waals surface area contributed by atoms with Crippen LogP contribution in [0.25, 0.3) is 44.3 Å². The standard InChI is InChI=1S/C26H19ClFN3O6S.C19H13BrFN3O5S.C7H8BClO3.2H3P/c1-35-23-7-3-15(12-19(23)27)18-13-24(36-2)22(14-20(18)28)31-21-6-5-17(11-16(21)4-8-26(31)32)38(33,34)30-25-9-10-37-29-25;1-28-17-9-13(20)14(21)10-16(17)24-15-4-3-12(8-11(15)2-5-19(24)25)30(26,27)23-18-6-7-29-22-18;1-12-7-3-2-5(8(10)11)4-6(7)9;;/h3-14H,1-2H3,(H,29,30);2-10H,1H3,(H,22,23);2-4,10-11H,1H3;2*1H3. The van der Waals surface area contributed by atoms with Crippen molar-refractivity contribution in [3.63, 3.8) is 0 Å². The molecule has 0 aliphatic heterocycles. The van der Waals surface area contributed by atoms with E-state index in [1.165, 1.54) is 159 Å². The lowest BCUT2D eigenvalue weighted by atomic mass is 9.80. The molecule has 10 aromatic rings. The number of aromatic nitrogens is 4. The van der Waals surface area contributed by atoms with Gasteiger partial charge in [0.1, 0.15) is 47.2 Å². The first-order valence-corrected chi connectivity index (χ1v) is 27.3. The second kappa shape index (κ2) is 27.1. The molecule has 0 amide bonds. The monoisotopic (exact) mass is 1300 g/mol. The molecule has 0 saturated carbocycles. The van der Waals surface area contributed by atoms with Crippen LogP contribution in [-0.2, 0) is 20.0 Å². The lowest BCUT2D eigenvalue weighted by Crippen LogP contribution is -2.29. The number of benzene rings is 6. The van der Waals surface area contributed by atoms with E-state index in [9.17, 15) is 30.8 Å². The van der Waals surface area contributed by atoms with E-state index in [1.807, 2.05) is 0 Å². The smallest absolute Gasteiger partial charge is 0.488 e. The highest BCUT2D eigenvalue weighted by molar-refractivity contribution is 9.10. The predicted octanol–water partition coefficient (Wildman–Crippen LogP) is 9.09. The van der Waals surface area contributed by atoms with Crippen molar-refractivity contribution in [2.24, 2.45) is 0 Å². The summed E-state index contributed by atoms with van der Waals surface area (Å²) in [6.45, 7) is 0. The molecule has 428 valence electrons. The van der Waals surface area contributed by atoms with E-state index in [-0.39, 0.29) is 74.1 Å². The quantitative estimate of drug-likeness (QED) is 0.0584. The van der Waals surface area contributed by atoms with Crippen molar-refractivity contribution in [2.75, 3.05) is 37.9 Å². The molecule has 2 unspecified atom stereocenters. The minimum Gasteiger partial charge on any atom is -0.495 e. The van der Waals surface area contributed by atoms with Crippen molar-refractivity contribution >= 4 is 125 Å². The molecular formula is C52H46BBrCl2F2N6O14P2S2. The van der Waals surface area contributed by atoms with Crippen LogP contribution in [0.4, 0.5) is 20.4 Å². The molecule has 0 aliphatic carbocycles. The molecule has 2 atom stereocenters. The van der Waals surface area contributed by atoms with E-state index in [0.717, 1.165) is 0 Å². The Bertz CT molecular complexity index is 4310. The van der Waals surface area contributed by atoms with Gasteiger partial charge in [0.05, 0.1) is 75.2 Å². The number of anilines is 2. The summed E-state index contributed by atoms with van der Waals surface area (Å²) in [5.74, 6) is 0.298. The van der Waals surface area contributed by atoms with Gasteiger partial charge in [-0.05, 0) is 112 Å². The summed E-state index contributed by atoms with van der Waals surface area (Å²) in [7, 11) is -3.64. The maximum atomic E-state index is 15.4. The molecule has 20 nitrogen and oxygen atoms in total. The number of ether oxygens (including phenoxy) is 4. The van der Waals surface area contributed by atoms with Crippen LogP contribution < -0.4 is 45.0 Å². The van der Waals surface area contributed by atoms with Crippen LogP contribution in [0.15, 0.2) is 179 Å². The molecule has 0 aliphatic rings. The molecular weight excluding hydrogens is 1260 g/mol. The number of rotatable bonds is 14. The number of methoxy groups -OCH3 is 4. The summed E-state index contributed by atoms with van der Waals surface area (Å²) in [5.41, 5.74) is 1.18. The van der Waals surface area contributed by atoms with Gasteiger partial charge in [-0.15, -0.1) is 0 Å². The van der Waals surface area contributed by atoms with Gasteiger partial charge in [-0.2, -0.15) is 19.8 Å². The Morgan fingerprint density at radius 3 is 1.44 bits per heavy atom. The van der Waals surface area contributed by atoms with Crippen LogP contribution in [-0.4, -0.2) is 81.9 Å². The fraction of sp³-hybridized carbons (Fsp3) is 0.0769. The van der Waals surface area contributed by atoms with Crippen molar-refractivity contribution in [1.29, 1.82) is 0 Å². The second-order valence-corrected chi connectivity index (χ2v) is 21.5. The molecule has 10 rings (SSSR count). The van der Waals surface area contributed by atoms with Gasteiger partial charge in [0.2, 0.25) is 0 Å². The highest BCUT2D eigenvalue weighted by Crippen LogP contribution is 2.37. The van der Waals surface area contributed by atoms with Crippen LogP contribution >= 0.6 is 58.9 Å². The number of nitrogens with zero attached hydrogens (tertiary/aromatic N) is 4. The zero-order chi connectivity index (χ0) is 57.6. The van der Waals surface area contributed by atoms with Crippen molar-refractivity contribution in [2.45, 2.75) is 9.79 Å². The minimum atomic E-state index is -3.99. The number of sulfonamides is 2. The second-order valence-electron chi connectivity index (χ2n) is 16.5. The van der Waals surface area contributed by atoms with E-state index in [2.05, 4.69) is 44.7 Å². The van der Waals surface area contributed by atoms with E-state index in [4.69, 9.17) is 52.2 Å². The molecule has 82 heavy (non-hydrogen) atoms. The lowest BCUT2D eigenvalue weighted by molar-refractivity contribution is 0.411. The topological polar surface area (TPSA) is 266 Å². The summed E-state index contributed by atoms with van der Waals surface area (Å²) < 4.78 is 118. The Labute approximate surface area is 491 Å². The van der Waals surface area contributed by atoms with Crippen LogP contribution in [0, 0.1) is 11.6 Å². The number of nitrogens with one attached hydrogen (secondary N) is 2. The summed E-state index contributed by atoms with van der Waals surface area (Å²) in [6.07, 6.45) is 2.47. The number of halogens is 5. The van der Waals surface area contributed by atoms with Crippen LogP contribution in [0.1, 0.15) is 0 Å². The first kappa shape index (κ1) is 63.8. The normalized spacial score (nSPS) is 11.0. The SMILES string of the molecule is COc1cc(Br)c(F)cc1-n1c(=O)ccc2cc(S(=O)(=O)Nc3ccon3)ccc21.COc1ccc(-c2cc(OC)c(-n3c(=O)ccc4cc(S(=O)(=O)Nc5ccon5)ccc43)cc2F)cc1Cl.COc1ccc(B(O)O)cc1Cl.P.P. The highest BCUT2D eigenvalue weighted by atomic mass is 79.9. The van der Waals surface area contributed by atoms with Crippen molar-refractivity contribution in [1.82, 2.24) is 19.4 Å². The largest absolute Gasteiger partial charge is 0.495 e. The highest BCUT2D eigenvalue weighted by Gasteiger charge is 2.22. The van der Waals surface area contributed by atoms with Gasteiger partial charge in [-0.3, -0.25) is 28.2 Å². The van der Waals surface area contributed by atoms with Crippen molar-refractivity contribution < 1.29 is 63.7 Å². The summed E-state index contributed by atoms with van der Waals surface area (Å²) in [6, 6.07) is 31.3. The molecule has 6 aromatic carbocycles. The van der Waals surface area contributed by atoms with Gasteiger partial charge >= 0.3 is 7.12 Å². The maximum Gasteiger partial charge on any atom is 0.488 e. The average Bonchev–Trinajstić information content (AvgIpc) is 4.19. The maximum absolute atomic E-state index is 15.4. The van der Waals surface area contributed by atoms with Gasteiger partial charge in [0.15, 0.2) is 11.6 Å². The van der Waals surface area contributed by atoms with Gasteiger partial charge in [0.25, 0.3) is 31.2 Å². The van der Waals surface area contributed by atoms with Crippen LogP contribution in [0.5, 0.6) is 23.0 Å². The zero-order valence-corrected chi connectivity index (χ0v) is 50.7. The molecule has 0 saturated heterocycles. The average molecular weight is 1300 g/mol. The van der Waals surface area contributed by atoms with E-state index < -0.39 is 49.9 Å². The molecule has 0 fully saturated rings. The van der Waals surface area contributed by atoms with Gasteiger partial charge in [-0.25, -0.2) is 25.6 Å². The fourth-order valence-corrected chi connectivity index (χ4v) is 10.7. The van der Waals surface area contributed by atoms with Crippen molar-refractivity contribution in [3.05, 3.63) is 193 Å². The lowest BCUT2D eigenvalue weighted by Gasteiger charge is -2.17. The molecule has 0 bridgehead atoms. The Morgan fingerprint density at radius 1 is 0.561 bits per heavy atom. The van der Waals surface area contributed by atoms with E-state index in [1.54, 1.807) is 24.3 Å². The van der Waals surface area contributed by atoms with Crippen LogP contribution in [0.3, 0.4) is 0 Å². The van der Waals surface area contributed by atoms with E-state index in [0.29, 0.717) is 54.4 Å². The van der Waals surface area contributed by atoms with Gasteiger partial charge in [0, 0.05) is 52.7 Å². The third-order valence-electron chi connectivity index (χ3n) is 11.6. The number of pyridine rings is 2. The summed E-state index contributed by atoms with van der Waals surface area (Å²) >= 11 is 15.0. The first-order chi connectivity index (χ1) is 38.2. The fourth-order valence-electron chi connectivity index (χ4n) is 7.84. The summed E-state index contributed by atoms with van der Waals surface area (Å²) in [5, 5.41) is 26.1. The Balaban J connectivity index is 0.000000219. The third kappa shape index (κ3) is 14.1.